The summed E-state index contributed by atoms with van der Waals surface area (Å²) in [7, 11) is 1.63. The SMILES string of the molecule is CC(c1ccccc1F)N(C)C(=O)c1ccnc(NN)c1. The fraction of sp³-hybridized carbons (Fsp3) is 0.200. The summed E-state index contributed by atoms with van der Waals surface area (Å²) in [5, 5.41) is 0. The Morgan fingerprint density at radius 1 is 1.38 bits per heavy atom. The number of amides is 1. The van der Waals surface area contributed by atoms with Crippen LogP contribution in [0.5, 0.6) is 0 Å². The monoisotopic (exact) mass is 288 g/mol. The van der Waals surface area contributed by atoms with Gasteiger partial charge in [0.2, 0.25) is 0 Å². The molecule has 0 saturated heterocycles. The Bertz CT molecular complexity index is 647. The van der Waals surface area contributed by atoms with Crippen molar-refractivity contribution in [3.63, 3.8) is 0 Å². The highest BCUT2D eigenvalue weighted by molar-refractivity contribution is 5.94. The Kier molecular flexibility index (Phi) is 4.49. The minimum atomic E-state index is -0.388. The molecule has 6 heteroatoms. The minimum Gasteiger partial charge on any atom is -0.335 e. The summed E-state index contributed by atoms with van der Waals surface area (Å²) in [4.78, 5) is 17.9. The van der Waals surface area contributed by atoms with E-state index < -0.39 is 0 Å². The Balaban J connectivity index is 2.24. The van der Waals surface area contributed by atoms with E-state index in [1.54, 1.807) is 44.3 Å². The maximum atomic E-state index is 13.8. The van der Waals surface area contributed by atoms with Crippen LogP contribution >= 0.6 is 0 Å². The van der Waals surface area contributed by atoms with Gasteiger partial charge in [-0.2, -0.15) is 0 Å². The molecule has 1 heterocycles. The quantitative estimate of drug-likeness (QED) is 0.669. The third-order valence-electron chi connectivity index (χ3n) is 3.41. The second-order valence-electron chi connectivity index (χ2n) is 4.69. The Morgan fingerprint density at radius 2 is 2.10 bits per heavy atom. The standard InChI is InChI=1S/C15H17FN4O/c1-10(12-5-3-4-6-13(12)16)20(2)15(21)11-7-8-18-14(9-11)19-17/h3-10H,17H2,1-2H3,(H,18,19). The van der Waals surface area contributed by atoms with Gasteiger partial charge in [-0.15, -0.1) is 0 Å². The highest BCUT2D eigenvalue weighted by Crippen LogP contribution is 2.23. The summed E-state index contributed by atoms with van der Waals surface area (Å²) in [6.07, 6.45) is 1.49. The number of carbonyl (C=O) groups excluding carboxylic acids is 1. The summed E-state index contributed by atoms with van der Waals surface area (Å²) in [5.41, 5.74) is 3.30. The molecule has 1 aromatic carbocycles. The van der Waals surface area contributed by atoms with Crippen molar-refractivity contribution in [1.82, 2.24) is 9.88 Å². The Labute approximate surface area is 122 Å². The first kappa shape index (κ1) is 14.9. The smallest absolute Gasteiger partial charge is 0.254 e. The first-order valence-electron chi connectivity index (χ1n) is 6.49. The molecule has 0 fully saturated rings. The van der Waals surface area contributed by atoms with E-state index in [9.17, 15) is 9.18 Å². The van der Waals surface area contributed by atoms with Gasteiger partial charge in [-0.05, 0) is 25.1 Å². The van der Waals surface area contributed by atoms with E-state index in [0.717, 1.165) is 0 Å². The number of pyridine rings is 1. The fourth-order valence-corrected chi connectivity index (χ4v) is 2.04. The lowest BCUT2D eigenvalue weighted by molar-refractivity contribution is 0.0740. The van der Waals surface area contributed by atoms with Crippen LogP contribution in [0.4, 0.5) is 10.2 Å². The molecule has 0 saturated carbocycles. The van der Waals surface area contributed by atoms with Gasteiger partial charge in [0, 0.05) is 24.4 Å². The average molecular weight is 288 g/mol. The maximum Gasteiger partial charge on any atom is 0.254 e. The van der Waals surface area contributed by atoms with E-state index >= 15 is 0 Å². The number of benzene rings is 1. The van der Waals surface area contributed by atoms with E-state index in [1.165, 1.54) is 17.2 Å². The Hall–Kier alpha value is -2.47. The zero-order valence-electron chi connectivity index (χ0n) is 11.9. The van der Waals surface area contributed by atoms with Crippen molar-refractivity contribution in [1.29, 1.82) is 0 Å². The molecule has 0 aliphatic rings. The van der Waals surface area contributed by atoms with Crippen LogP contribution in [0, 0.1) is 5.82 Å². The van der Waals surface area contributed by atoms with Crippen LogP contribution in [0.1, 0.15) is 28.9 Å². The number of hydrazine groups is 1. The van der Waals surface area contributed by atoms with Crippen LogP contribution in [0.3, 0.4) is 0 Å². The van der Waals surface area contributed by atoms with Gasteiger partial charge in [0.1, 0.15) is 11.6 Å². The predicted octanol–water partition coefficient (Wildman–Crippen LogP) is 2.34. The molecule has 0 radical (unpaired) electrons. The van der Waals surface area contributed by atoms with Crippen LogP contribution in [-0.2, 0) is 0 Å². The normalized spacial score (nSPS) is 11.8. The van der Waals surface area contributed by atoms with Crippen molar-refractivity contribution in [2.24, 2.45) is 5.84 Å². The molecule has 2 rings (SSSR count). The predicted molar refractivity (Wildman–Crippen MR) is 79.0 cm³/mol. The molecule has 0 aliphatic heterocycles. The lowest BCUT2D eigenvalue weighted by Crippen LogP contribution is -2.30. The van der Waals surface area contributed by atoms with Gasteiger partial charge in [0.15, 0.2) is 0 Å². The van der Waals surface area contributed by atoms with Crippen molar-refractivity contribution in [3.05, 3.63) is 59.5 Å². The number of nitrogens with two attached hydrogens (primary N) is 1. The summed E-state index contributed by atoms with van der Waals surface area (Å²) >= 11 is 0. The molecular weight excluding hydrogens is 271 g/mol. The second kappa shape index (κ2) is 6.32. The molecule has 1 amide bonds. The molecule has 0 bridgehead atoms. The lowest BCUT2D eigenvalue weighted by atomic mass is 10.1. The summed E-state index contributed by atoms with van der Waals surface area (Å²) in [6, 6.07) is 9.17. The van der Waals surface area contributed by atoms with Crippen molar-refractivity contribution < 1.29 is 9.18 Å². The largest absolute Gasteiger partial charge is 0.335 e. The Morgan fingerprint density at radius 3 is 2.76 bits per heavy atom. The number of rotatable bonds is 4. The molecular formula is C15H17FN4O. The van der Waals surface area contributed by atoms with Crippen molar-refractivity contribution in [3.8, 4) is 0 Å². The zero-order valence-corrected chi connectivity index (χ0v) is 11.9. The lowest BCUT2D eigenvalue weighted by Gasteiger charge is -2.25. The first-order valence-corrected chi connectivity index (χ1v) is 6.49. The van der Waals surface area contributed by atoms with Crippen LogP contribution in [0.25, 0.3) is 0 Å². The molecule has 1 unspecified atom stereocenters. The topological polar surface area (TPSA) is 71.2 Å². The number of hydrogen-bond donors (Lipinski definition) is 2. The van der Waals surface area contributed by atoms with Gasteiger partial charge in [0.05, 0.1) is 6.04 Å². The molecule has 1 aromatic heterocycles. The van der Waals surface area contributed by atoms with Gasteiger partial charge >= 0.3 is 0 Å². The van der Waals surface area contributed by atoms with E-state index in [4.69, 9.17) is 5.84 Å². The number of halogens is 1. The number of aromatic nitrogens is 1. The molecule has 2 aromatic rings. The highest BCUT2D eigenvalue weighted by atomic mass is 19.1. The van der Waals surface area contributed by atoms with E-state index in [2.05, 4.69) is 10.4 Å². The molecule has 0 aliphatic carbocycles. The van der Waals surface area contributed by atoms with E-state index in [0.29, 0.717) is 16.9 Å². The molecule has 3 N–H and O–H groups in total. The van der Waals surface area contributed by atoms with Crippen LogP contribution in [0.15, 0.2) is 42.6 Å². The van der Waals surface area contributed by atoms with E-state index in [1.807, 2.05) is 0 Å². The van der Waals surface area contributed by atoms with Gasteiger partial charge < -0.3 is 10.3 Å². The average Bonchev–Trinajstić information content (AvgIpc) is 2.53. The molecule has 0 spiro atoms. The van der Waals surface area contributed by atoms with Crippen LogP contribution in [0.2, 0.25) is 0 Å². The second-order valence-corrected chi connectivity index (χ2v) is 4.69. The number of anilines is 1. The molecule has 110 valence electrons. The number of nitrogens with one attached hydrogen (secondary N) is 1. The van der Waals surface area contributed by atoms with E-state index in [-0.39, 0.29) is 17.8 Å². The number of carbonyl (C=O) groups is 1. The number of nitrogens with zero attached hydrogens (tertiary/aromatic N) is 2. The number of nitrogen functional groups attached to an aromatic ring is 1. The van der Waals surface area contributed by atoms with Crippen molar-refractivity contribution >= 4 is 11.7 Å². The summed E-state index contributed by atoms with van der Waals surface area (Å²) in [6.45, 7) is 1.78. The summed E-state index contributed by atoms with van der Waals surface area (Å²) < 4.78 is 13.8. The third-order valence-corrected chi connectivity index (χ3v) is 3.41. The molecule has 1 atom stereocenters. The summed E-state index contributed by atoms with van der Waals surface area (Å²) in [5.74, 6) is 5.11. The van der Waals surface area contributed by atoms with Gasteiger partial charge in [-0.3, -0.25) is 4.79 Å². The van der Waals surface area contributed by atoms with Crippen molar-refractivity contribution in [2.75, 3.05) is 12.5 Å². The third kappa shape index (κ3) is 3.17. The highest BCUT2D eigenvalue weighted by Gasteiger charge is 2.21. The van der Waals surface area contributed by atoms with Crippen LogP contribution < -0.4 is 11.3 Å². The minimum absolute atomic E-state index is 0.232. The van der Waals surface area contributed by atoms with Crippen molar-refractivity contribution in [2.45, 2.75) is 13.0 Å². The molecule has 5 nitrogen and oxygen atoms in total. The maximum absolute atomic E-state index is 13.8. The first-order chi connectivity index (χ1) is 10.0. The zero-order chi connectivity index (χ0) is 15.4. The molecule has 21 heavy (non-hydrogen) atoms. The van der Waals surface area contributed by atoms with Gasteiger partial charge in [-0.25, -0.2) is 15.2 Å². The van der Waals surface area contributed by atoms with Gasteiger partial charge in [0.25, 0.3) is 5.91 Å². The van der Waals surface area contributed by atoms with Crippen LogP contribution in [-0.4, -0.2) is 22.8 Å². The number of hydrogen-bond acceptors (Lipinski definition) is 4. The fourth-order valence-electron chi connectivity index (χ4n) is 2.04. The van der Waals surface area contributed by atoms with Gasteiger partial charge in [-0.1, -0.05) is 18.2 Å².